The lowest BCUT2D eigenvalue weighted by Gasteiger charge is -2.36. The third-order valence-electron chi connectivity index (χ3n) is 15.3. The number of aromatic nitrogens is 1. The smallest absolute Gasteiger partial charge is 0.340 e. The summed E-state index contributed by atoms with van der Waals surface area (Å²) < 4.78 is 70.9. The van der Waals surface area contributed by atoms with Gasteiger partial charge in [-0.2, -0.15) is 0 Å². The van der Waals surface area contributed by atoms with Crippen molar-refractivity contribution >= 4 is 87.3 Å². The zero-order chi connectivity index (χ0) is 72.8. The van der Waals surface area contributed by atoms with Gasteiger partial charge in [0.2, 0.25) is 29.5 Å². The van der Waals surface area contributed by atoms with Crippen LogP contribution in [-0.2, 0) is 83.5 Å². The molecule has 3 heterocycles. The molecule has 0 bridgehead atoms. The van der Waals surface area contributed by atoms with Crippen LogP contribution >= 0.6 is 12.2 Å². The molecule has 8 rings (SSSR count). The molecule has 5 aromatic carbocycles. The molecule has 0 radical (unpaired) electrons. The number of carboxylic acids is 1. The molecule has 102 heavy (non-hydrogen) atoms. The first-order valence-corrected chi connectivity index (χ1v) is 32.9. The van der Waals surface area contributed by atoms with Crippen molar-refractivity contribution in [2.75, 3.05) is 131 Å². The molecule has 33 heteroatoms. The number of hydrogen-bond donors (Lipinski definition) is 12. The first kappa shape index (κ1) is 77.3. The van der Waals surface area contributed by atoms with Gasteiger partial charge >= 0.3 is 17.9 Å². The topological polar surface area (TPSA) is 419 Å². The Morgan fingerprint density at radius 3 is 1.76 bits per heavy atom. The van der Waals surface area contributed by atoms with Gasteiger partial charge in [-0.15, -0.1) is 0 Å². The number of carbonyl (C=O) groups excluding carboxylic acids is 8. The molecular formula is C69H80FN9O22S. The standard InChI is InChI=1S/C69H80FN9O22S/c1-42(80)74-40-60(83)78-55(13-15-62(85)86)65(89)76-41-61(84)79-56(35-44-39-75-54-5-3-2-4-48(44)54)66(90)72-18-22-93-21-17-71-64(88)43-6-14-57(53(70)34-43)100-63(87)16-20-92-24-26-95-28-30-97-32-33-98-31-29-96-27-25-94-23-19-73-68(102)77-45-7-10-50-49(36-45)67(91)101-69(50)51-11-8-46(81)37-58(51)99-59-38-47(82)9-12-52(59)69/h2-12,14,34,36-39,55-56,75,81-82H,13,15-33,35,40-41H2,1H3,(H,71,88)(H,72,90)(H,74,80)(H,76,89)(H,78,83)(H,79,84)(H,85,86)(H2,73,77,102)/t55-,56-/m0/s1. The van der Waals surface area contributed by atoms with Gasteiger partial charge in [-0.05, 0) is 84.9 Å². The molecule has 546 valence electrons. The molecule has 0 unspecified atom stereocenters. The number of carbonyl (C=O) groups is 9. The van der Waals surface area contributed by atoms with E-state index in [9.17, 15) is 57.8 Å². The van der Waals surface area contributed by atoms with Gasteiger partial charge in [-0.25, -0.2) is 9.18 Å². The number of H-pyrrole nitrogens is 1. The average Bonchev–Trinajstić information content (AvgIpc) is 1.48. The van der Waals surface area contributed by atoms with Crippen LogP contribution in [0.5, 0.6) is 28.7 Å². The Bertz CT molecular complexity index is 3880. The van der Waals surface area contributed by atoms with Crippen molar-refractivity contribution in [3.05, 3.63) is 142 Å². The van der Waals surface area contributed by atoms with Crippen LogP contribution in [-0.4, -0.2) is 216 Å². The summed E-state index contributed by atoms with van der Waals surface area (Å²) in [7, 11) is 0. The molecular weight excluding hydrogens is 1360 g/mol. The number of ether oxygens (including phenoxy) is 10. The highest BCUT2D eigenvalue weighted by molar-refractivity contribution is 7.80. The fourth-order valence-corrected chi connectivity index (χ4v) is 10.7. The van der Waals surface area contributed by atoms with Gasteiger partial charge in [0.05, 0.1) is 118 Å². The van der Waals surface area contributed by atoms with Crippen LogP contribution in [0.3, 0.4) is 0 Å². The fraction of sp³-hybridized carbons (Fsp3) is 0.391. The van der Waals surface area contributed by atoms with Gasteiger partial charge in [-0.3, -0.25) is 38.4 Å². The zero-order valence-electron chi connectivity index (χ0n) is 55.6. The average molecular weight is 1440 g/mol. The van der Waals surface area contributed by atoms with Gasteiger partial charge in [0.15, 0.2) is 22.3 Å². The second-order valence-electron chi connectivity index (χ2n) is 22.7. The highest BCUT2D eigenvalue weighted by atomic mass is 32.1. The lowest BCUT2D eigenvalue weighted by atomic mass is 9.77. The van der Waals surface area contributed by atoms with E-state index >= 15 is 0 Å². The van der Waals surface area contributed by atoms with Crippen LogP contribution in [0, 0.1) is 5.82 Å². The third kappa shape index (κ3) is 23.3. The second kappa shape index (κ2) is 39.6. The van der Waals surface area contributed by atoms with Crippen LogP contribution in [0.1, 0.15) is 69.2 Å². The number of halogens is 1. The molecule has 0 saturated carbocycles. The number of aromatic amines is 1. The Balaban J connectivity index is 0.597. The fourth-order valence-electron chi connectivity index (χ4n) is 10.5. The summed E-state index contributed by atoms with van der Waals surface area (Å²) in [6.45, 7) is 3.91. The van der Waals surface area contributed by atoms with Crippen LogP contribution in [0.2, 0.25) is 0 Å². The van der Waals surface area contributed by atoms with Crippen molar-refractivity contribution in [3.8, 4) is 28.7 Å². The molecule has 6 amide bonds. The third-order valence-corrected chi connectivity index (χ3v) is 15.6. The number of carboxylic acid groups (broad SMARTS) is 1. The van der Waals surface area contributed by atoms with Crippen LogP contribution in [0.25, 0.3) is 10.9 Å². The minimum Gasteiger partial charge on any atom is -0.508 e. The number of phenolic OH excluding ortho intramolecular Hbond substituents is 2. The van der Waals surface area contributed by atoms with Gasteiger partial charge in [0, 0.05) is 96.6 Å². The van der Waals surface area contributed by atoms with E-state index in [1.54, 1.807) is 36.5 Å². The lowest BCUT2D eigenvalue weighted by molar-refractivity contribution is -0.138. The Hall–Kier alpha value is -10.4. The number of aromatic hydroxyl groups is 2. The molecule has 2 aliphatic rings. The highest BCUT2D eigenvalue weighted by Gasteiger charge is 2.54. The molecule has 31 nitrogen and oxygen atoms in total. The van der Waals surface area contributed by atoms with Crippen molar-refractivity contribution in [3.63, 3.8) is 0 Å². The summed E-state index contributed by atoms with van der Waals surface area (Å²) in [5.74, 6) is -7.53. The SMILES string of the molecule is CC(=O)NCC(=O)N[C@@H](CCC(=O)O)C(=O)NCC(=O)N[C@@H](Cc1c[nH]c2ccccc12)C(=O)NCCOCCNC(=O)c1ccc(OC(=O)CCOCCOCCOCCOCCOCCOCCNC(=S)Nc2ccc3c(c2)C(=O)OC32c3ccc(O)cc3Oc3cc(O)ccc32)c(F)c1. The van der Waals surface area contributed by atoms with E-state index in [4.69, 9.17) is 64.7 Å². The second-order valence-corrected chi connectivity index (χ2v) is 23.1. The van der Waals surface area contributed by atoms with Crippen molar-refractivity contribution in [1.82, 2.24) is 42.2 Å². The van der Waals surface area contributed by atoms with E-state index in [1.807, 2.05) is 24.3 Å². The summed E-state index contributed by atoms with van der Waals surface area (Å²) in [5.41, 5.74) is 2.53. The number of phenols is 2. The number of fused-ring (bicyclic) bond motifs is 7. The number of amides is 6. The normalized spacial score (nSPS) is 12.9. The van der Waals surface area contributed by atoms with Gasteiger partial charge < -0.3 is 110 Å². The molecule has 6 aromatic rings. The van der Waals surface area contributed by atoms with E-state index < -0.39 is 96.4 Å². The maximum atomic E-state index is 14.9. The van der Waals surface area contributed by atoms with Gasteiger partial charge in [0.1, 0.15) is 35.1 Å². The summed E-state index contributed by atoms with van der Waals surface area (Å²) in [5, 5.41) is 51.6. The van der Waals surface area contributed by atoms with Gasteiger partial charge in [0.25, 0.3) is 5.91 Å². The van der Waals surface area contributed by atoms with Crippen LogP contribution < -0.4 is 52.0 Å². The molecule has 0 aliphatic carbocycles. The summed E-state index contributed by atoms with van der Waals surface area (Å²) in [6, 6.07) is 22.5. The molecule has 1 spiro atoms. The van der Waals surface area contributed by atoms with Crippen molar-refractivity contribution in [1.29, 1.82) is 0 Å². The first-order valence-electron chi connectivity index (χ1n) is 32.5. The number of nitrogens with one attached hydrogen (secondary N) is 9. The van der Waals surface area contributed by atoms with E-state index in [2.05, 4.69) is 47.5 Å². The summed E-state index contributed by atoms with van der Waals surface area (Å²) in [4.78, 5) is 116. The van der Waals surface area contributed by atoms with Crippen molar-refractivity contribution < 1.29 is 110 Å². The number of para-hydroxylation sites is 1. The summed E-state index contributed by atoms with van der Waals surface area (Å²) in [6.07, 6.45) is 0.745. The predicted octanol–water partition coefficient (Wildman–Crippen LogP) is 2.86. The van der Waals surface area contributed by atoms with Gasteiger partial charge in [-0.1, -0.05) is 24.3 Å². The van der Waals surface area contributed by atoms with Crippen molar-refractivity contribution in [2.24, 2.45) is 0 Å². The van der Waals surface area contributed by atoms with E-state index in [0.717, 1.165) is 23.0 Å². The predicted molar refractivity (Wildman–Crippen MR) is 364 cm³/mol. The zero-order valence-corrected chi connectivity index (χ0v) is 56.4. The number of anilines is 1. The van der Waals surface area contributed by atoms with Crippen LogP contribution in [0.4, 0.5) is 10.1 Å². The lowest BCUT2D eigenvalue weighted by Crippen LogP contribution is -2.53. The van der Waals surface area contributed by atoms with E-state index in [1.165, 1.54) is 37.3 Å². The van der Waals surface area contributed by atoms with Crippen molar-refractivity contribution in [2.45, 2.75) is 50.3 Å². The Kier molecular flexibility index (Phi) is 30.0. The number of benzene rings is 5. The Labute approximate surface area is 589 Å². The van der Waals surface area contributed by atoms with E-state index in [-0.39, 0.29) is 99.7 Å². The molecule has 0 fully saturated rings. The molecule has 2 atom stereocenters. The number of rotatable bonds is 43. The van der Waals surface area contributed by atoms with Crippen LogP contribution in [0.15, 0.2) is 103 Å². The largest absolute Gasteiger partial charge is 0.508 e. The number of thiocarbonyl (C=S) groups is 1. The first-order chi connectivity index (χ1) is 49.3. The maximum absolute atomic E-state index is 14.9. The molecule has 2 aliphatic heterocycles. The Morgan fingerprint density at radius 2 is 1.15 bits per heavy atom. The van der Waals surface area contributed by atoms with E-state index in [0.29, 0.717) is 105 Å². The summed E-state index contributed by atoms with van der Waals surface area (Å²) >= 11 is 5.48. The minimum atomic E-state index is -1.37. The minimum absolute atomic E-state index is 0.00166. The molecule has 0 saturated heterocycles. The monoisotopic (exact) mass is 1440 g/mol. The highest BCUT2D eigenvalue weighted by Crippen LogP contribution is 2.57. The molecule has 12 N–H and O–H groups in total. The quantitative estimate of drug-likeness (QED) is 0.0113. The number of aliphatic carboxylic acids is 1. The Morgan fingerprint density at radius 1 is 0.598 bits per heavy atom. The number of hydrogen-bond acceptors (Lipinski definition) is 22. The maximum Gasteiger partial charge on any atom is 0.340 e. The number of esters is 2. The molecule has 1 aromatic heterocycles.